The number of carbonyl (C=O) groups excluding carboxylic acids is 1. The van der Waals surface area contributed by atoms with Crippen molar-refractivity contribution in [3.63, 3.8) is 0 Å². The molecular formula is C19H30N6O2. The van der Waals surface area contributed by atoms with Gasteiger partial charge in [-0.1, -0.05) is 32.9 Å². The van der Waals surface area contributed by atoms with Gasteiger partial charge in [0.15, 0.2) is 5.82 Å². The van der Waals surface area contributed by atoms with Crippen LogP contribution in [-0.4, -0.2) is 43.9 Å². The average Bonchev–Trinajstić information content (AvgIpc) is 3.30. The van der Waals surface area contributed by atoms with E-state index in [-0.39, 0.29) is 23.9 Å². The van der Waals surface area contributed by atoms with Crippen LogP contribution >= 0.6 is 0 Å². The van der Waals surface area contributed by atoms with Crippen LogP contribution in [0.25, 0.3) is 0 Å². The lowest BCUT2D eigenvalue weighted by Gasteiger charge is -2.30. The van der Waals surface area contributed by atoms with E-state index in [4.69, 9.17) is 4.52 Å². The van der Waals surface area contributed by atoms with E-state index in [1.165, 1.54) is 0 Å². The Morgan fingerprint density at radius 2 is 1.93 bits per heavy atom. The molecule has 27 heavy (non-hydrogen) atoms. The van der Waals surface area contributed by atoms with E-state index in [1.54, 1.807) is 6.20 Å². The number of nitrogens with one attached hydrogen (secondary N) is 1. The predicted octanol–water partition coefficient (Wildman–Crippen LogP) is 4.02. The van der Waals surface area contributed by atoms with Gasteiger partial charge in [0, 0.05) is 31.0 Å². The van der Waals surface area contributed by atoms with Crippen molar-refractivity contribution < 1.29 is 9.32 Å². The Balaban J connectivity index is 1.57. The SMILES string of the molecule is CC(C)c1noc(C2CCN(C(=O)Nc3ccnn3[C@@H](C)C(C)C)CC2)n1. The molecule has 148 valence electrons. The van der Waals surface area contributed by atoms with E-state index in [9.17, 15) is 4.79 Å². The molecule has 0 radical (unpaired) electrons. The third kappa shape index (κ3) is 4.31. The van der Waals surface area contributed by atoms with Crippen molar-refractivity contribution >= 4 is 11.8 Å². The summed E-state index contributed by atoms with van der Waals surface area (Å²) in [6.45, 7) is 11.8. The number of aromatic nitrogens is 4. The van der Waals surface area contributed by atoms with E-state index in [2.05, 4.69) is 41.3 Å². The molecule has 3 heterocycles. The predicted molar refractivity (Wildman–Crippen MR) is 103 cm³/mol. The molecule has 0 aromatic carbocycles. The zero-order valence-electron chi connectivity index (χ0n) is 16.8. The van der Waals surface area contributed by atoms with E-state index in [1.807, 2.05) is 29.5 Å². The highest BCUT2D eigenvalue weighted by Crippen LogP contribution is 2.28. The van der Waals surface area contributed by atoms with E-state index in [0.717, 1.165) is 24.5 Å². The number of anilines is 1. The number of piperidine rings is 1. The Morgan fingerprint density at radius 3 is 2.52 bits per heavy atom. The molecule has 0 spiro atoms. The number of amides is 2. The minimum absolute atomic E-state index is 0.0837. The zero-order valence-corrected chi connectivity index (χ0v) is 16.8. The average molecular weight is 374 g/mol. The van der Waals surface area contributed by atoms with Crippen molar-refractivity contribution in [2.75, 3.05) is 18.4 Å². The number of nitrogens with zero attached hydrogens (tertiary/aromatic N) is 5. The van der Waals surface area contributed by atoms with E-state index in [0.29, 0.717) is 24.9 Å². The molecule has 0 aliphatic carbocycles. The molecule has 2 amide bonds. The van der Waals surface area contributed by atoms with Gasteiger partial charge in [-0.3, -0.25) is 5.32 Å². The van der Waals surface area contributed by atoms with Crippen molar-refractivity contribution in [1.29, 1.82) is 0 Å². The maximum absolute atomic E-state index is 12.7. The van der Waals surface area contributed by atoms with Gasteiger partial charge in [0.25, 0.3) is 0 Å². The Hall–Kier alpha value is -2.38. The first-order chi connectivity index (χ1) is 12.9. The largest absolute Gasteiger partial charge is 0.339 e. The van der Waals surface area contributed by atoms with Crippen LogP contribution in [0.5, 0.6) is 0 Å². The molecule has 1 atom stereocenters. The summed E-state index contributed by atoms with van der Waals surface area (Å²) in [4.78, 5) is 19.0. The van der Waals surface area contributed by atoms with Crippen LogP contribution < -0.4 is 5.32 Å². The van der Waals surface area contributed by atoms with Gasteiger partial charge in [0.2, 0.25) is 5.89 Å². The van der Waals surface area contributed by atoms with Gasteiger partial charge in [-0.2, -0.15) is 10.1 Å². The molecule has 0 saturated carbocycles. The van der Waals surface area contributed by atoms with Crippen molar-refractivity contribution in [3.05, 3.63) is 24.0 Å². The lowest BCUT2D eigenvalue weighted by Crippen LogP contribution is -2.41. The second kappa shape index (κ2) is 8.10. The van der Waals surface area contributed by atoms with Gasteiger partial charge < -0.3 is 9.42 Å². The van der Waals surface area contributed by atoms with Gasteiger partial charge in [0.05, 0.1) is 12.2 Å². The molecule has 0 unspecified atom stereocenters. The molecule has 2 aromatic heterocycles. The standard InChI is InChI=1S/C19H30N6O2/c1-12(2)14(5)25-16(6-9-20-25)21-19(26)24-10-7-15(8-11-24)18-22-17(13(3)4)23-27-18/h6,9,12-15H,7-8,10-11H2,1-5H3,(H,21,26)/t14-/m0/s1. The van der Waals surface area contributed by atoms with Crippen LogP contribution in [0.15, 0.2) is 16.8 Å². The first-order valence-electron chi connectivity index (χ1n) is 9.79. The molecule has 1 N–H and O–H groups in total. The number of rotatable bonds is 5. The van der Waals surface area contributed by atoms with E-state index < -0.39 is 0 Å². The van der Waals surface area contributed by atoms with Crippen LogP contribution in [0.3, 0.4) is 0 Å². The second-order valence-electron chi connectivity index (χ2n) is 7.98. The maximum atomic E-state index is 12.7. The van der Waals surface area contributed by atoms with Crippen LogP contribution in [0.2, 0.25) is 0 Å². The molecular weight excluding hydrogens is 344 g/mol. The smallest absolute Gasteiger partial charge is 0.322 e. The number of carbonyl (C=O) groups is 1. The fourth-order valence-electron chi connectivity index (χ4n) is 3.19. The van der Waals surface area contributed by atoms with Crippen molar-refractivity contribution in [3.8, 4) is 0 Å². The molecule has 1 saturated heterocycles. The zero-order chi connectivity index (χ0) is 19.6. The van der Waals surface area contributed by atoms with Crippen LogP contribution in [-0.2, 0) is 0 Å². The molecule has 8 nitrogen and oxygen atoms in total. The summed E-state index contributed by atoms with van der Waals surface area (Å²) < 4.78 is 7.30. The van der Waals surface area contributed by atoms with Gasteiger partial charge in [-0.05, 0) is 25.7 Å². The fourth-order valence-corrected chi connectivity index (χ4v) is 3.19. The number of likely N-dealkylation sites (tertiary alicyclic amines) is 1. The number of hydrogen-bond acceptors (Lipinski definition) is 5. The topological polar surface area (TPSA) is 89.1 Å². The summed E-state index contributed by atoms with van der Waals surface area (Å²) in [6.07, 6.45) is 3.38. The first-order valence-corrected chi connectivity index (χ1v) is 9.79. The highest BCUT2D eigenvalue weighted by Gasteiger charge is 2.28. The molecule has 0 bridgehead atoms. The first kappa shape index (κ1) is 19.4. The highest BCUT2D eigenvalue weighted by molar-refractivity contribution is 5.88. The monoisotopic (exact) mass is 374 g/mol. The van der Waals surface area contributed by atoms with Crippen LogP contribution in [0.4, 0.5) is 10.6 Å². The quantitative estimate of drug-likeness (QED) is 0.854. The fraction of sp³-hybridized carbons (Fsp3) is 0.684. The Labute approximate surface area is 160 Å². The number of hydrogen-bond donors (Lipinski definition) is 1. The Kier molecular flexibility index (Phi) is 5.82. The van der Waals surface area contributed by atoms with Crippen molar-refractivity contribution in [2.24, 2.45) is 5.92 Å². The van der Waals surface area contributed by atoms with Gasteiger partial charge >= 0.3 is 6.03 Å². The van der Waals surface area contributed by atoms with Crippen LogP contribution in [0.1, 0.15) is 77.1 Å². The molecule has 1 aliphatic heterocycles. The molecule has 1 fully saturated rings. The van der Waals surface area contributed by atoms with Gasteiger partial charge in [0.1, 0.15) is 5.82 Å². The molecule has 1 aliphatic rings. The maximum Gasteiger partial charge on any atom is 0.322 e. The molecule has 8 heteroatoms. The summed E-state index contributed by atoms with van der Waals surface area (Å²) in [5.41, 5.74) is 0. The summed E-state index contributed by atoms with van der Waals surface area (Å²) in [7, 11) is 0. The van der Waals surface area contributed by atoms with Gasteiger partial charge in [-0.15, -0.1) is 0 Å². The summed E-state index contributed by atoms with van der Waals surface area (Å²) >= 11 is 0. The van der Waals surface area contributed by atoms with Crippen molar-refractivity contribution in [2.45, 2.75) is 65.3 Å². The normalized spacial score (nSPS) is 16.9. The molecule has 3 rings (SSSR count). The van der Waals surface area contributed by atoms with Crippen molar-refractivity contribution in [1.82, 2.24) is 24.8 Å². The summed E-state index contributed by atoms with van der Waals surface area (Å²) in [5, 5.41) is 11.4. The lowest BCUT2D eigenvalue weighted by atomic mass is 9.97. The number of urea groups is 1. The minimum Gasteiger partial charge on any atom is -0.339 e. The second-order valence-corrected chi connectivity index (χ2v) is 7.98. The lowest BCUT2D eigenvalue weighted by molar-refractivity contribution is 0.187. The third-order valence-corrected chi connectivity index (χ3v) is 5.36. The third-order valence-electron chi connectivity index (χ3n) is 5.36. The minimum atomic E-state index is -0.0837. The van der Waals surface area contributed by atoms with E-state index >= 15 is 0 Å². The molecule has 2 aromatic rings. The van der Waals surface area contributed by atoms with Crippen LogP contribution in [0, 0.1) is 5.92 Å². The Morgan fingerprint density at radius 1 is 1.22 bits per heavy atom. The summed E-state index contributed by atoms with van der Waals surface area (Å²) in [5.74, 6) is 3.09. The van der Waals surface area contributed by atoms with Gasteiger partial charge in [-0.25, -0.2) is 9.48 Å². The Bertz CT molecular complexity index is 758. The highest BCUT2D eigenvalue weighted by atomic mass is 16.5. The summed E-state index contributed by atoms with van der Waals surface area (Å²) in [6, 6.07) is 1.98.